The molecule has 0 aliphatic rings. The molecule has 7 heteroatoms. The lowest BCUT2D eigenvalue weighted by Crippen LogP contribution is -2.48. The van der Waals surface area contributed by atoms with Crippen LogP contribution in [0.5, 0.6) is 0 Å². The van der Waals surface area contributed by atoms with Crippen molar-refractivity contribution in [1.29, 1.82) is 0 Å². The predicted molar refractivity (Wildman–Crippen MR) is 149 cm³/mol. The van der Waals surface area contributed by atoms with Gasteiger partial charge < -0.3 is 20.3 Å². The summed E-state index contributed by atoms with van der Waals surface area (Å²) in [5.41, 5.74) is 0.709. The molecule has 0 aliphatic carbocycles. The van der Waals surface area contributed by atoms with Gasteiger partial charge in [-0.25, -0.2) is 4.79 Å². The second-order valence-corrected chi connectivity index (χ2v) is 10.4. The van der Waals surface area contributed by atoms with Gasteiger partial charge >= 0.3 is 6.09 Å². The van der Waals surface area contributed by atoms with Gasteiger partial charge in [-0.15, -0.1) is 6.42 Å². The van der Waals surface area contributed by atoms with Crippen LogP contribution in [0.15, 0.2) is 24.3 Å². The molecule has 1 aromatic carbocycles. The number of hydrogen-bond donors (Lipinski definition) is 2. The van der Waals surface area contributed by atoms with Gasteiger partial charge in [0.25, 0.3) is 0 Å². The highest BCUT2D eigenvalue weighted by Crippen LogP contribution is 2.23. The molecule has 0 aliphatic heterocycles. The van der Waals surface area contributed by atoms with E-state index in [2.05, 4.69) is 30.4 Å². The van der Waals surface area contributed by atoms with Crippen molar-refractivity contribution in [3.8, 4) is 12.3 Å². The molecule has 1 unspecified atom stereocenters. The first-order chi connectivity index (χ1) is 17.6. The normalized spacial score (nSPS) is 11.8. The number of unbranched alkanes of at least 4 members (excludes halogenated alkanes) is 7. The Balaban J connectivity index is 3.14. The van der Waals surface area contributed by atoms with Gasteiger partial charge in [0.05, 0.1) is 0 Å². The topological polar surface area (TPSA) is 87.7 Å². The lowest BCUT2D eigenvalue weighted by molar-refractivity contribution is -0.140. The van der Waals surface area contributed by atoms with Gasteiger partial charge in [0.15, 0.2) is 0 Å². The maximum atomic E-state index is 13.4. The Morgan fingerprint density at radius 2 is 1.51 bits per heavy atom. The van der Waals surface area contributed by atoms with Crippen LogP contribution in [-0.2, 0) is 14.3 Å². The van der Waals surface area contributed by atoms with Crippen molar-refractivity contribution >= 4 is 17.9 Å². The number of nitrogens with one attached hydrogen (secondary N) is 2. The molecule has 206 valence electrons. The smallest absolute Gasteiger partial charge is 0.408 e. The third-order valence-electron chi connectivity index (χ3n) is 5.89. The van der Waals surface area contributed by atoms with E-state index in [0.717, 1.165) is 51.4 Å². The minimum Gasteiger partial charge on any atom is -0.444 e. The highest BCUT2D eigenvalue weighted by Gasteiger charge is 2.31. The molecule has 0 saturated heterocycles. The van der Waals surface area contributed by atoms with Gasteiger partial charge in [0.1, 0.15) is 18.2 Å². The third kappa shape index (κ3) is 13.2. The first kappa shape index (κ1) is 32.0. The highest BCUT2D eigenvalue weighted by molar-refractivity contribution is 5.90. The quantitative estimate of drug-likeness (QED) is 0.218. The predicted octanol–water partition coefficient (Wildman–Crippen LogP) is 5.73. The van der Waals surface area contributed by atoms with Crippen molar-refractivity contribution in [3.05, 3.63) is 35.4 Å². The van der Waals surface area contributed by atoms with E-state index in [1.807, 2.05) is 0 Å². The molecule has 7 nitrogen and oxygen atoms in total. The van der Waals surface area contributed by atoms with Crippen molar-refractivity contribution in [1.82, 2.24) is 15.5 Å². The van der Waals surface area contributed by atoms with Gasteiger partial charge in [-0.3, -0.25) is 9.59 Å². The van der Waals surface area contributed by atoms with Crippen LogP contribution in [0, 0.1) is 12.3 Å². The number of alkyl carbamates (subject to hydrolysis) is 1. The minimum absolute atomic E-state index is 0.235. The number of terminal acetylenes is 1. The zero-order valence-electron chi connectivity index (χ0n) is 23.5. The maximum Gasteiger partial charge on any atom is 0.408 e. The van der Waals surface area contributed by atoms with E-state index in [9.17, 15) is 14.4 Å². The molecule has 0 bridgehead atoms. The molecule has 0 heterocycles. The first-order valence-corrected chi connectivity index (χ1v) is 13.7. The number of hydrogen-bond acceptors (Lipinski definition) is 4. The molecule has 3 amide bonds. The van der Waals surface area contributed by atoms with Crippen molar-refractivity contribution in [2.45, 2.75) is 104 Å². The molecule has 0 radical (unpaired) electrons. The largest absolute Gasteiger partial charge is 0.444 e. The van der Waals surface area contributed by atoms with Crippen LogP contribution in [0.1, 0.15) is 110 Å². The molecule has 1 aromatic rings. The molecule has 1 atom stereocenters. The lowest BCUT2D eigenvalue weighted by Gasteiger charge is -2.32. The second-order valence-electron chi connectivity index (χ2n) is 10.4. The Labute approximate surface area is 224 Å². The monoisotopic (exact) mass is 513 g/mol. The summed E-state index contributed by atoms with van der Waals surface area (Å²) in [6, 6.07) is 6.33. The van der Waals surface area contributed by atoms with Crippen molar-refractivity contribution in [3.63, 3.8) is 0 Å². The Kier molecular flexibility index (Phi) is 15.1. The Morgan fingerprint density at radius 3 is 2.11 bits per heavy atom. The minimum atomic E-state index is -0.822. The average Bonchev–Trinajstić information content (AvgIpc) is 2.85. The Morgan fingerprint density at radius 1 is 0.919 bits per heavy atom. The number of nitrogens with zero attached hydrogens (tertiary/aromatic N) is 1. The number of carbonyl (C=O) groups is 3. The van der Waals surface area contributed by atoms with Crippen LogP contribution in [0.25, 0.3) is 0 Å². The summed E-state index contributed by atoms with van der Waals surface area (Å²) in [6.07, 6.45) is 14.1. The van der Waals surface area contributed by atoms with Gasteiger partial charge in [-0.05, 0) is 51.3 Å². The number of rotatable bonds is 16. The summed E-state index contributed by atoms with van der Waals surface area (Å²) >= 11 is 0. The summed E-state index contributed by atoms with van der Waals surface area (Å²) in [5, 5.41) is 5.56. The van der Waals surface area contributed by atoms with E-state index < -0.39 is 17.7 Å². The molecular formula is C30H47N3O4. The third-order valence-corrected chi connectivity index (χ3v) is 5.89. The van der Waals surface area contributed by atoms with Crippen molar-refractivity contribution in [2.24, 2.45) is 0 Å². The molecule has 1 rings (SSSR count). The molecule has 0 fully saturated rings. The summed E-state index contributed by atoms with van der Waals surface area (Å²) in [5.74, 6) is 2.02. The molecule has 0 saturated carbocycles. The molecule has 37 heavy (non-hydrogen) atoms. The van der Waals surface area contributed by atoms with E-state index in [-0.39, 0.29) is 18.4 Å². The van der Waals surface area contributed by atoms with E-state index in [4.69, 9.17) is 11.2 Å². The van der Waals surface area contributed by atoms with Gasteiger partial charge in [0, 0.05) is 18.7 Å². The molecule has 0 aromatic heterocycles. The lowest BCUT2D eigenvalue weighted by atomic mass is 10.0. The van der Waals surface area contributed by atoms with Crippen molar-refractivity contribution < 1.29 is 19.1 Å². The number of amides is 3. The fourth-order valence-electron chi connectivity index (χ4n) is 3.94. The van der Waals surface area contributed by atoms with E-state index in [0.29, 0.717) is 24.2 Å². The molecule has 0 spiro atoms. The zero-order chi connectivity index (χ0) is 27.7. The van der Waals surface area contributed by atoms with Crippen molar-refractivity contribution in [2.75, 3.05) is 19.6 Å². The highest BCUT2D eigenvalue weighted by atomic mass is 16.6. The van der Waals surface area contributed by atoms with Gasteiger partial charge in [0.2, 0.25) is 11.8 Å². The number of carbonyl (C=O) groups excluding carboxylic acids is 3. The molecular weight excluding hydrogens is 466 g/mol. The van der Waals surface area contributed by atoms with E-state index >= 15 is 0 Å². The summed E-state index contributed by atoms with van der Waals surface area (Å²) < 4.78 is 5.28. The summed E-state index contributed by atoms with van der Waals surface area (Å²) in [4.78, 5) is 40.7. The SMILES string of the molecule is C#Cc1ccc(C(C(=O)NCCCCC)N(CCCCCCCC)C(=O)CNC(=O)OC(C)(C)C)cc1. The number of benzene rings is 1. The van der Waals surface area contributed by atoms with E-state index in [1.54, 1.807) is 49.9 Å². The first-order valence-electron chi connectivity index (χ1n) is 13.7. The standard InChI is InChI=1S/C30H47N3O4/c1-7-10-12-13-14-16-22-33(26(34)23-32-29(36)37-30(4,5)6)27(28(35)31-21-15-11-8-2)25-19-17-24(9-3)18-20-25/h3,17-20,27H,7-8,10-16,21-23H2,1-2,4-6H3,(H,31,35)(H,32,36). The van der Waals surface area contributed by atoms with Crippen LogP contribution in [0.4, 0.5) is 4.79 Å². The van der Waals surface area contributed by atoms with Crippen LogP contribution in [0.2, 0.25) is 0 Å². The summed E-state index contributed by atoms with van der Waals surface area (Å²) in [7, 11) is 0. The van der Waals surface area contributed by atoms with Crippen LogP contribution in [-0.4, -0.2) is 48.0 Å². The summed E-state index contributed by atoms with van der Waals surface area (Å²) in [6.45, 7) is 10.3. The Hall–Kier alpha value is -3.01. The van der Waals surface area contributed by atoms with E-state index in [1.165, 1.54) is 6.42 Å². The second kappa shape index (κ2) is 17.4. The van der Waals surface area contributed by atoms with Crippen LogP contribution < -0.4 is 10.6 Å². The van der Waals surface area contributed by atoms with Crippen LogP contribution in [0.3, 0.4) is 0 Å². The van der Waals surface area contributed by atoms with Gasteiger partial charge in [-0.1, -0.05) is 76.8 Å². The average molecular weight is 514 g/mol. The zero-order valence-corrected chi connectivity index (χ0v) is 23.5. The molecule has 2 N–H and O–H groups in total. The Bertz CT molecular complexity index is 868. The fourth-order valence-corrected chi connectivity index (χ4v) is 3.94. The van der Waals surface area contributed by atoms with Crippen LogP contribution >= 0.6 is 0 Å². The maximum absolute atomic E-state index is 13.4. The van der Waals surface area contributed by atoms with Gasteiger partial charge in [-0.2, -0.15) is 0 Å². The fraction of sp³-hybridized carbons (Fsp3) is 0.633. The number of ether oxygens (including phenoxy) is 1.